The largest absolute Gasteiger partial charge is 0.396 e. The van der Waals surface area contributed by atoms with Crippen LogP contribution in [0.1, 0.15) is 17.2 Å². The van der Waals surface area contributed by atoms with Crippen LogP contribution in [-0.4, -0.2) is 4.98 Å². The number of nitrogens with two attached hydrogens (primary N) is 2. The average Bonchev–Trinajstić information content (AvgIpc) is 2.33. The standard InChI is InChI=1S/C12H12FN3/c13-10-2-1-9(7-11(10)14)12(15)8-3-5-16-6-4-8/h1-7,12H,14-15H2. The van der Waals surface area contributed by atoms with Crippen LogP contribution in [0, 0.1) is 5.82 Å². The van der Waals surface area contributed by atoms with Gasteiger partial charge in [-0.2, -0.15) is 0 Å². The molecule has 1 heterocycles. The van der Waals surface area contributed by atoms with Crippen LogP contribution in [-0.2, 0) is 0 Å². The molecule has 0 radical (unpaired) electrons. The van der Waals surface area contributed by atoms with E-state index in [0.29, 0.717) is 0 Å². The molecular weight excluding hydrogens is 205 g/mol. The lowest BCUT2D eigenvalue weighted by atomic mass is 10.0. The van der Waals surface area contributed by atoms with Crippen LogP contribution >= 0.6 is 0 Å². The predicted octanol–water partition coefficient (Wildman–Crippen LogP) is 1.85. The number of rotatable bonds is 2. The third-order valence-electron chi connectivity index (χ3n) is 2.44. The topological polar surface area (TPSA) is 64.9 Å². The number of nitrogen functional groups attached to an aromatic ring is 1. The van der Waals surface area contributed by atoms with Crippen LogP contribution in [0.5, 0.6) is 0 Å². The maximum absolute atomic E-state index is 13.0. The van der Waals surface area contributed by atoms with Gasteiger partial charge in [-0.3, -0.25) is 4.98 Å². The number of aromatic nitrogens is 1. The molecular formula is C12H12FN3. The summed E-state index contributed by atoms with van der Waals surface area (Å²) in [6, 6.07) is 7.85. The number of hydrogen-bond donors (Lipinski definition) is 2. The molecule has 0 saturated heterocycles. The van der Waals surface area contributed by atoms with Gasteiger partial charge in [-0.25, -0.2) is 4.39 Å². The van der Waals surface area contributed by atoms with Crippen molar-refractivity contribution in [1.29, 1.82) is 0 Å². The van der Waals surface area contributed by atoms with Crippen LogP contribution in [0.3, 0.4) is 0 Å². The van der Waals surface area contributed by atoms with Crippen LogP contribution in [0.2, 0.25) is 0 Å². The van der Waals surface area contributed by atoms with Crippen molar-refractivity contribution in [1.82, 2.24) is 4.98 Å². The molecule has 1 atom stereocenters. The normalized spacial score (nSPS) is 12.4. The molecule has 4 N–H and O–H groups in total. The molecule has 16 heavy (non-hydrogen) atoms. The third-order valence-corrected chi connectivity index (χ3v) is 2.44. The van der Waals surface area contributed by atoms with Gasteiger partial charge in [-0.05, 0) is 35.4 Å². The van der Waals surface area contributed by atoms with Crippen molar-refractivity contribution in [3.8, 4) is 0 Å². The Labute approximate surface area is 92.9 Å². The molecule has 0 amide bonds. The fraction of sp³-hybridized carbons (Fsp3) is 0.0833. The first-order valence-electron chi connectivity index (χ1n) is 4.89. The molecule has 0 bridgehead atoms. The van der Waals surface area contributed by atoms with E-state index in [2.05, 4.69) is 4.98 Å². The van der Waals surface area contributed by atoms with Gasteiger partial charge in [-0.1, -0.05) is 6.07 Å². The maximum atomic E-state index is 13.0. The van der Waals surface area contributed by atoms with Gasteiger partial charge in [0.15, 0.2) is 0 Å². The van der Waals surface area contributed by atoms with E-state index < -0.39 is 5.82 Å². The third kappa shape index (κ3) is 2.01. The molecule has 4 heteroatoms. The highest BCUT2D eigenvalue weighted by Crippen LogP contribution is 2.22. The number of nitrogens with zero attached hydrogens (tertiary/aromatic N) is 1. The van der Waals surface area contributed by atoms with Crippen molar-refractivity contribution in [3.63, 3.8) is 0 Å². The van der Waals surface area contributed by atoms with Crippen molar-refractivity contribution >= 4 is 5.69 Å². The first-order valence-corrected chi connectivity index (χ1v) is 4.89. The van der Waals surface area contributed by atoms with E-state index in [-0.39, 0.29) is 11.7 Å². The smallest absolute Gasteiger partial charge is 0.146 e. The van der Waals surface area contributed by atoms with Crippen LogP contribution < -0.4 is 11.5 Å². The average molecular weight is 217 g/mol. The van der Waals surface area contributed by atoms with Crippen LogP contribution in [0.4, 0.5) is 10.1 Å². The highest BCUT2D eigenvalue weighted by Gasteiger charge is 2.10. The minimum absolute atomic E-state index is 0.113. The summed E-state index contributed by atoms with van der Waals surface area (Å²) >= 11 is 0. The summed E-state index contributed by atoms with van der Waals surface area (Å²) in [4.78, 5) is 3.91. The van der Waals surface area contributed by atoms with Crippen LogP contribution in [0.15, 0.2) is 42.7 Å². The van der Waals surface area contributed by atoms with Crippen molar-refractivity contribution in [2.24, 2.45) is 5.73 Å². The Kier molecular flexibility index (Phi) is 2.83. The highest BCUT2D eigenvalue weighted by atomic mass is 19.1. The lowest BCUT2D eigenvalue weighted by Gasteiger charge is -2.12. The summed E-state index contributed by atoms with van der Waals surface area (Å²) in [5.41, 5.74) is 13.3. The second kappa shape index (κ2) is 4.28. The van der Waals surface area contributed by atoms with Gasteiger partial charge in [-0.15, -0.1) is 0 Å². The Morgan fingerprint density at radius 2 is 1.75 bits per heavy atom. The number of halogens is 1. The minimum atomic E-state index is -0.425. The van der Waals surface area contributed by atoms with Crippen molar-refractivity contribution < 1.29 is 4.39 Å². The molecule has 0 fully saturated rings. The Hall–Kier alpha value is -1.94. The van der Waals surface area contributed by atoms with E-state index in [9.17, 15) is 4.39 Å². The number of hydrogen-bond acceptors (Lipinski definition) is 3. The molecule has 2 rings (SSSR count). The molecule has 0 aliphatic rings. The molecule has 2 aromatic rings. The molecule has 1 aromatic heterocycles. The zero-order chi connectivity index (χ0) is 11.5. The van der Waals surface area contributed by atoms with E-state index in [1.54, 1.807) is 24.5 Å². The van der Waals surface area contributed by atoms with Gasteiger partial charge in [0.1, 0.15) is 5.82 Å². The van der Waals surface area contributed by atoms with Crippen LogP contribution in [0.25, 0.3) is 0 Å². The first kappa shape index (κ1) is 10.6. The number of anilines is 1. The van der Waals surface area contributed by atoms with Gasteiger partial charge in [0.05, 0.1) is 11.7 Å². The summed E-state index contributed by atoms with van der Waals surface area (Å²) < 4.78 is 13.0. The molecule has 1 unspecified atom stereocenters. The fourth-order valence-electron chi connectivity index (χ4n) is 1.52. The molecule has 0 spiro atoms. The van der Waals surface area contributed by atoms with Gasteiger partial charge >= 0.3 is 0 Å². The highest BCUT2D eigenvalue weighted by molar-refractivity contribution is 5.45. The molecule has 82 valence electrons. The Balaban J connectivity index is 2.34. The predicted molar refractivity (Wildman–Crippen MR) is 61.1 cm³/mol. The monoisotopic (exact) mass is 217 g/mol. The van der Waals surface area contributed by atoms with E-state index >= 15 is 0 Å². The van der Waals surface area contributed by atoms with E-state index in [1.807, 2.05) is 12.1 Å². The summed E-state index contributed by atoms with van der Waals surface area (Å²) in [6.07, 6.45) is 3.34. The quantitative estimate of drug-likeness (QED) is 0.754. The number of benzene rings is 1. The maximum Gasteiger partial charge on any atom is 0.146 e. The number of pyridine rings is 1. The zero-order valence-electron chi connectivity index (χ0n) is 8.60. The Morgan fingerprint density at radius 1 is 1.06 bits per heavy atom. The minimum Gasteiger partial charge on any atom is -0.396 e. The molecule has 0 aliphatic carbocycles. The molecule has 3 nitrogen and oxygen atoms in total. The first-order chi connectivity index (χ1) is 7.68. The lowest BCUT2D eigenvalue weighted by molar-refractivity contribution is 0.631. The van der Waals surface area contributed by atoms with Gasteiger partial charge in [0.2, 0.25) is 0 Å². The SMILES string of the molecule is Nc1cc(C(N)c2ccncc2)ccc1F. The van der Waals surface area contributed by atoms with Gasteiger partial charge in [0, 0.05) is 12.4 Å². The summed E-state index contributed by atoms with van der Waals surface area (Å²) in [5.74, 6) is -0.425. The Bertz CT molecular complexity index is 485. The van der Waals surface area contributed by atoms with Crippen molar-refractivity contribution in [2.45, 2.75) is 6.04 Å². The zero-order valence-corrected chi connectivity index (χ0v) is 8.60. The summed E-state index contributed by atoms with van der Waals surface area (Å²) in [5, 5.41) is 0. The lowest BCUT2D eigenvalue weighted by Crippen LogP contribution is -2.12. The summed E-state index contributed by atoms with van der Waals surface area (Å²) in [6.45, 7) is 0. The molecule has 1 aromatic carbocycles. The van der Waals surface area contributed by atoms with Gasteiger partial charge < -0.3 is 11.5 Å². The molecule has 0 saturated carbocycles. The van der Waals surface area contributed by atoms with Crippen molar-refractivity contribution in [3.05, 3.63) is 59.7 Å². The second-order valence-corrected chi connectivity index (χ2v) is 3.54. The fourth-order valence-corrected chi connectivity index (χ4v) is 1.52. The van der Waals surface area contributed by atoms with Crippen molar-refractivity contribution in [2.75, 3.05) is 5.73 Å². The Morgan fingerprint density at radius 3 is 2.38 bits per heavy atom. The summed E-state index contributed by atoms with van der Waals surface area (Å²) in [7, 11) is 0. The van der Waals surface area contributed by atoms with E-state index in [1.165, 1.54) is 6.07 Å². The van der Waals surface area contributed by atoms with Gasteiger partial charge in [0.25, 0.3) is 0 Å². The molecule has 0 aliphatic heterocycles. The second-order valence-electron chi connectivity index (χ2n) is 3.54. The van der Waals surface area contributed by atoms with E-state index in [0.717, 1.165) is 11.1 Å². The van der Waals surface area contributed by atoms with E-state index in [4.69, 9.17) is 11.5 Å².